The molecular weight excluding hydrogens is 412 g/mol. The topological polar surface area (TPSA) is 75.3 Å². The maximum Gasteiger partial charge on any atom is 0.418 e. The number of halogens is 5. The predicted molar refractivity (Wildman–Crippen MR) is 91.3 cm³/mol. The summed E-state index contributed by atoms with van der Waals surface area (Å²) in [5.74, 6) is -1.67. The van der Waals surface area contributed by atoms with Gasteiger partial charge in [-0.1, -0.05) is 11.6 Å². The van der Waals surface area contributed by atoms with Crippen molar-refractivity contribution in [2.24, 2.45) is 0 Å². The number of hydrogen-bond donors (Lipinski definition) is 2. The molecule has 0 fully saturated rings. The molecule has 0 aliphatic heterocycles. The number of nitrogens with one attached hydrogen (secondary N) is 2. The quantitative estimate of drug-likeness (QED) is 0.717. The lowest BCUT2D eigenvalue weighted by Gasteiger charge is -2.17. The Labute approximate surface area is 157 Å². The Morgan fingerprint density at radius 2 is 1.70 bits per heavy atom. The van der Waals surface area contributed by atoms with Gasteiger partial charge in [0.1, 0.15) is 5.82 Å². The van der Waals surface area contributed by atoms with E-state index in [0.717, 1.165) is 43.3 Å². The van der Waals surface area contributed by atoms with Gasteiger partial charge < -0.3 is 5.32 Å². The van der Waals surface area contributed by atoms with Gasteiger partial charge in [0.25, 0.3) is 0 Å². The van der Waals surface area contributed by atoms with Crippen LogP contribution in [0.25, 0.3) is 0 Å². The van der Waals surface area contributed by atoms with Crippen molar-refractivity contribution in [1.29, 1.82) is 0 Å². The fraction of sp³-hybridized carbons (Fsp3) is 0.188. The summed E-state index contributed by atoms with van der Waals surface area (Å²) in [6.45, 7) is 1.15. The summed E-state index contributed by atoms with van der Waals surface area (Å²) in [5.41, 5.74) is -1.73. The molecule has 0 bridgehead atoms. The van der Waals surface area contributed by atoms with E-state index in [4.69, 9.17) is 11.6 Å². The summed E-state index contributed by atoms with van der Waals surface area (Å²) in [7, 11) is -4.18. The first-order valence-corrected chi connectivity index (χ1v) is 9.22. The molecule has 146 valence electrons. The van der Waals surface area contributed by atoms with Crippen LogP contribution in [0.4, 0.5) is 23.2 Å². The second-order valence-corrected chi connectivity index (χ2v) is 7.62. The van der Waals surface area contributed by atoms with E-state index in [1.165, 1.54) is 0 Å². The number of rotatable bonds is 5. The van der Waals surface area contributed by atoms with Crippen molar-refractivity contribution < 1.29 is 30.8 Å². The molecular formula is C16H13ClF4N2O3S. The Kier molecular flexibility index (Phi) is 6.13. The van der Waals surface area contributed by atoms with E-state index in [0.29, 0.717) is 6.07 Å². The normalized spacial score (nSPS) is 13.3. The van der Waals surface area contributed by atoms with Crippen LogP contribution >= 0.6 is 11.6 Å². The van der Waals surface area contributed by atoms with E-state index in [2.05, 4.69) is 0 Å². The molecule has 0 radical (unpaired) electrons. The maximum absolute atomic E-state index is 13.1. The molecule has 1 amide bonds. The lowest BCUT2D eigenvalue weighted by molar-refractivity contribution is -0.137. The molecule has 0 aromatic heterocycles. The maximum atomic E-state index is 13.1. The Morgan fingerprint density at radius 1 is 1.11 bits per heavy atom. The fourth-order valence-electron chi connectivity index (χ4n) is 2.07. The summed E-state index contributed by atoms with van der Waals surface area (Å²) in [5, 5.41) is 1.85. The van der Waals surface area contributed by atoms with E-state index in [9.17, 15) is 30.8 Å². The molecule has 2 aromatic carbocycles. The SMILES string of the molecule is C[C@@H](NS(=O)(=O)c1ccc(F)cc1)C(=O)Nc1ccc(Cl)cc1C(F)(F)F. The van der Waals surface area contributed by atoms with Crippen molar-refractivity contribution >= 4 is 33.2 Å². The number of hydrogen-bond acceptors (Lipinski definition) is 3. The second-order valence-electron chi connectivity index (χ2n) is 5.47. The number of carbonyl (C=O) groups is 1. The first kappa shape index (κ1) is 21.1. The highest BCUT2D eigenvalue weighted by atomic mass is 35.5. The standard InChI is InChI=1S/C16H13ClF4N2O3S/c1-9(23-27(25,26)12-5-3-11(18)4-6-12)15(24)22-14-7-2-10(17)8-13(14)16(19,20)21/h2-9,23H,1H3,(H,22,24)/t9-/m1/s1. The Bertz CT molecular complexity index is 947. The van der Waals surface area contributed by atoms with Crippen molar-refractivity contribution in [3.8, 4) is 0 Å². The van der Waals surface area contributed by atoms with Gasteiger partial charge in [-0.25, -0.2) is 12.8 Å². The number of amides is 1. The zero-order valence-corrected chi connectivity index (χ0v) is 15.2. The van der Waals surface area contributed by atoms with Crippen molar-refractivity contribution in [3.63, 3.8) is 0 Å². The van der Waals surface area contributed by atoms with Gasteiger partial charge in [0, 0.05) is 5.02 Å². The van der Waals surface area contributed by atoms with Crippen LogP contribution in [0.5, 0.6) is 0 Å². The molecule has 2 N–H and O–H groups in total. The van der Waals surface area contributed by atoms with E-state index < -0.39 is 45.2 Å². The number of anilines is 1. The van der Waals surface area contributed by atoms with Crippen LogP contribution in [0.3, 0.4) is 0 Å². The molecule has 0 heterocycles. The van der Waals surface area contributed by atoms with Gasteiger partial charge in [-0.15, -0.1) is 0 Å². The molecule has 0 aliphatic rings. The molecule has 0 saturated carbocycles. The van der Waals surface area contributed by atoms with Gasteiger partial charge >= 0.3 is 6.18 Å². The third-order valence-electron chi connectivity index (χ3n) is 3.39. The molecule has 5 nitrogen and oxygen atoms in total. The van der Waals surface area contributed by atoms with Gasteiger partial charge in [-0.2, -0.15) is 17.9 Å². The Balaban J connectivity index is 2.18. The van der Waals surface area contributed by atoms with E-state index in [1.54, 1.807) is 0 Å². The average molecular weight is 425 g/mol. The van der Waals surface area contributed by atoms with Gasteiger partial charge in [0.2, 0.25) is 15.9 Å². The minimum Gasteiger partial charge on any atom is -0.324 e. The highest BCUT2D eigenvalue weighted by Gasteiger charge is 2.34. The number of benzene rings is 2. The molecule has 0 unspecified atom stereocenters. The van der Waals surface area contributed by atoms with Gasteiger partial charge in [-0.3, -0.25) is 4.79 Å². The highest BCUT2D eigenvalue weighted by molar-refractivity contribution is 7.89. The highest BCUT2D eigenvalue weighted by Crippen LogP contribution is 2.36. The van der Waals surface area contributed by atoms with Crippen molar-refractivity contribution in [3.05, 3.63) is 58.9 Å². The lowest BCUT2D eigenvalue weighted by atomic mass is 10.1. The minimum atomic E-state index is -4.77. The molecule has 2 aromatic rings. The third-order valence-corrected chi connectivity index (χ3v) is 5.19. The summed E-state index contributed by atoms with van der Waals surface area (Å²) < 4.78 is 78.4. The average Bonchev–Trinajstić information content (AvgIpc) is 2.55. The molecule has 2 rings (SSSR count). The third kappa shape index (κ3) is 5.41. The van der Waals surface area contributed by atoms with Gasteiger partial charge in [-0.05, 0) is 49.4 Å². The second kappa shape index (κ2) is 7.83. The fourth-order valence-corrected chi connectivity index (χ4v) is 3.44. The van der Waals surface area contributed by atoms with Crippen LogP contribution in [-0.4, -0.2) is 20.4 Å². The van der Waals surface area contributed by atoms with Crippen molar-refractivity contribution in [2.45, 2.75) is 24.0 Å². The van der Waals surface area contributed by atoms with Crippen molar-refractivity contribution in [1.82, 2.24) is 4.72 Å². The van der Waals surface area contributed by atoms with Crippen LogP contribution in [0.1, 0.15) is 12.5 Å². The monoisotopic (exact) mass is 424 g/mol. The van der Waals surface area contributed by atoms with E-state index in [1.807, 2.05) is 10.0 Å². The largest absolute Gasteiger partial charge is 0.418 e. The van der Waals surface area contributed by atoms with Crippen LogP contribution in [0, 0.1) is 5.82 Å². The molecule has 0 saturated heterocycles. The van der Waals surface area contributed by atoms with Crippen molar-refractivity contribution in [2.75, 3.05) is 5.32 Å². The molecule has 11 heteroatoms. The summed E-state index contributed by atoms with van der Waals surface area (Å²) in [4.78, 5) is 11.8. The molecule has 1 atom stereocenters. The zero-order valence-electron chi connectivity index (χ0n) is 13.6. The zero-order chi connectivity index (χ0) is 20.4. The van der Waals surface area contributed by atoms with Crippen LogP contribution < -0.4 is 10.0 Å². The Hall–Kier alpha value is -2.17. The lowest BCUT2D eigenvalue weighted by Crippen LogP contribution is -2.41. The number of carbonyl (C=O) groups excluding carboxylic acids is 1. The summed E-state index contributed by atoms with van der Waals surface area (Å²) in [6, 6.07) is 5.17. The molecule has 0 aliphatic carbocycles. The number of alkyl halides is 3. The Morgan fingerprint density at radius 3 is 2.26 bits per heavy atom. The first-order valence-electron chi connectivity index (χ1n) is 7.35. The summed E-state index contributed by atoms with van der Waals surface area (Å²) in [6.07, 6.45) is -4.77. The van der Waals surface area contributed by atoms with Gasteiger partial charge in [0.15, 0.2) is 0 Å². The van der Waals surface area contributed by atoms with Crippen LogP contribution in [0.2, 0.25) is 5.02 Å². The minimum absolute atomic E-state index is 0.176. The van der Waals surface area contributed by atoms with Crippen LogP contribution in [-0.2, 0) is 21.0 Å². The molecule has 27 heavy (non-hydrogen) atoms. The van der Waals surface area contributed by atoms with E-state index in [-0.39, 0.29) is 9.92 Å². The van der Waals surface area contributed by atoms with Gasteiger partial charge in [0.05, 0.1) is 22.2 Å². The predicted octanol–water partition coefficient (Wildman–Crippen LogP) is 3.80. The van der Waals surface area contributed by atoms with Crippen LogP contribution in [0.15, 0.2) is 47.4 Å². The van der Waals surface area contributed by atoms with E-state index >= 15 is 0 Å². The first-order chi connectivity index (χ1) is 12.4. The smallest absolute Gasteiger partial charge is 0.324 e. The number of sulfonamides is 1. The molecule has 0 spiro atoms. The summed E-state index contributed by atoms with van der Waals surface area (Å²) >= 11 is 5.56.